The number of hydrogen-bond acceptors (Lipinski definition) is 6. The number of rotatable bonds is 5. The molecule has 10 heteroatoms. The van der Waals surface area contributed by atoms with Crippen LogP contribution in [0.5, 0.6) is 0 Å². The molecule has 0 radical (unpaired) electrons. The van der Waals surface area contributed by atoms with Crippen molar-refractivity contribution < 1.29 is 12.8 Å². The Bertz CT molecular complexity index is 1310. The Hall–Kier alpha value is -3.04. The number of halogens is 2. The number of benzene rings is 1. The Morgan fingerprint density at radius 3 is 2.62 bits per heavy atom. The highest BCUT2D eigenvalue weighted by Crippen LogP contribution is 2.30. The van der Waals surface area contributed by atoms with E-state index in [9.17, 15) is 12.8 Å². The van der Waals surface area contributed by atoms with Crippen molar-refractivity contribution in [1.29, 1.82) is 0 Å². The Morgan fingerprint density at radius 1 is 1.14 bits per heavy atom. The summed E-state index contributed by atoms with van der Waals surface area (Å²) in [6, 6.07) is 13.3. The van der Waals surface area contributed by atoms with Crippen LogP contribution >= 0.6 is 11.6 Å². The van der Waals surface area contributed by atoms with Gasteiger partial charge in [-0.3, -0.25) is 0 Å². The van der Waals surface area contributed by atoms with E-state index >= 15 is 0 Å². The van der Waals surface area contributed by atoms with Crippen molar-refractivity contribution in [2.45, 2.75) is 12.7 Å². The molecule has 148 valence electrons. The highest BCUT2D eigenvalue weighted by molar-refractivity contribution is 7.89. The second kappa shape index (κ2) is 7.41. The summed E-state index contributed by atoms with van der Waals surface area (Å²) in [6.07, 6.45) is 1.30. The number of hydrogen-bond donors (Lipinski definition) is 1. The topological polar surface area (TPSA) is 89.8 Å². The molecule has 0 aliphatic rings. The molecule has 4 aromatic rings. The van der Waals surface area contributed by atoms with E-state index in [1.165, 1.54) is 12.3 Å². The fourth-order valence-electron chi connectivity index (χ4n) is 3.07. The van der Waals surface area contributed by atoms with Crippen molar-refractivity contribution in [3.63, 3.8) is 0 Å². The first-order chi connectivity index (χ1) is 13.8. The summed E-state index contributed by atoms with van der Waals surface area (Å²) in [7, 11) is -3.77. The molecule has 0 aliphatic heterocycles. The van der Waals surface area contributed by atoms with E-state index in [1.54, 1.807) is 43.3 Å². The first-order valence-corrected chi connectivity index (χ1v) is 10.5. The second-order valence-electron chi connectivity index (χ2n) is 6.36. The zero-order chi connectivity index (χ0) is 20.6. The van der Waals surface area contributed by atoms with Crippen molar-refractivity contribution in [2.24, 2.45) is 0 Å². The predicted octanol–water partition coefficient (Wildman–Crippen LogP) is 4.05. The van der Waals surface area contributed by atoms with Gasteiger partial charge in [-0.1, -0.05) is 30.3 Å². The van der Waals surface area contributed by atoms with Crippen molar-refractivity contribution in [2.75, 3.05) is 5.32 Å². The number of anilines is 2. The molecule has 0 spiro atoms. The smallest absolute Gasteiger partial charge is 0.244 e. The number of nitrogens with zero attached hydrogens (tertiary/aromatic N) is 4. The van der Waals surface area contributed by atoms with E-state index in [2.05, 4.69) is 20.3 Å². The zero-order valence-electron chi connectivity index (χ0n) is 15.2. The number of pyridine rings is 1. The molecule has 0 saturated heterocycles. The van der Waals surface area contributed by atoms with Gasteiger partial charge in [-0.15, -0.1) is 0 Å². The van der Waals surface area contributed by atoms with Crippen LogP contribution in [0.2, 0.25) is 5.28 Å². The molecule has 0 amide bonds. The first kappa shape index (κ1) is 19.3. The van der Waals surface area contributed by atoms with Crippen LogP contribution in [0.3, 0.4) is 0 Å². The molecule has 1 N–H and O–H groups in total. The van der Waals surface area contributed by atoms with E-state index in [-0.39, 0.29) is 22.5 Å². The summed E-state index contributed by atoms with van der Waals surface area (Å²) in [5.74, 6) is -0.591. The first-order valence-electron chi connectivity index (χ1n) is 8.55. The molecule has 0 atom stereocenters. The monoisotopic (exact) mass is 431 g/mol. The van der Waals surface area contributed by atoms with Gasteiger partial charge in [0.2, 0.25) is 21.3 Å². The summed E-state index contributed by atoms with van der Waals surface area (Å²) in [4.78, 5) is 11.8. The largest absolute Gasteiger partial charge is 0.339 e. The van der Waals surface area contributed by atoms with Gasteiger partial charge in [0.15, 0.2) is 5.65 Å². The molecule has 0 aliphatic carbocycles. The molecule has 4 rings (SSSR count). The van der Waals surface area contributed by atoms with E-state index in [0.29, 0.717) is 22.3 Å². The van der Waals surface area contributed by atoms with Crippen molar-refractivity contribution in [1.82, 2.24) is 18.9 Å². The van der Waals surface area contributed by atoms with Crippen molar-refractivity contribution >= 4 is 44.2 Å². The lowest BCUT2D eigenvalue weighted by molar-refractivity contribution is 0.584. The second-order valence-corrected chi connectivity index (χ2v) is 8.52. The van der Waals surface area contributed by atoms with E-state index in [0.717, 1.165) is 3.97 Å². The summed E-state index contributed by atoms with van der Waals surface area (Å²) >= 11 is 6.06. The summed E-state index contributed by atoms with van der Waals surface area (Å²) in [5.41, 5.74) is 1.65. The fraction of sp³-hybridized carbons (Fsp3) is 0.105. The van der Waals surface area contributed by atoms with Crippen LogP contribution in [-0.2, 0) is 15.8 Å². The molecule has 0 saturated carbocycles. The molecule has 3 aromatic heterocycles. The molecule has 29 heavy (non-hydrogen) atoms. The lowest BCUT2D eigenvalue weighted by Crippen LogP contribution is -2.17. The Morgan fingerprint density at radius 2 is 1.90 bits per heavy atom. The third kappa shape index (κ3) is 3.92. The lowest BCUT2D eigenvalue weighted by atomic mass is 10.2. The quantitative estimate of drug-likeness (QED) is 0.378. The maximum atomic E-state index is 13.4. The molecule has 7 nitrogen and oxygen atoms in total. The van der Waals surface area contributed by atoms with Gasteiger partial charge in [-0.25, -0.2) is 17.4 Å². The molecular formula is C19H15ClFN5O2S. The maximum absolute atomic E-state index is 13.4. The highest BCUT2D eigenvalue weighted by Gasteiger charge is 2.23. The summed E-state index contributed by atoms with van der Waals surface area (Å²) in [6.45, 7) is 1.66. The van der Waals surface area contributed by atoms with Gasteiger partial charge in [0, 0.05) is 23.6 Å². The van der Waals surface area contributed by atoms with Crippen molar-refractivity contribution in [3.05, 3.63) is 77.2 Å². The van der Waals surface area contributed by atoms with Crippen LogP contribution in [0, 0.1) is 12.9 Å². The molecule has 0 bridgehead atoms. The van der Waals surface area contributed by atoms with E-state index in [1.807, 2.05) is 6.07 Å². The summed E-state index contributed by atoms with van der Waals surface area (Å²) < 4.78 is 40.8. The Kier molecular flexibility index (Phi) is 4.93. The minimum atomic E-state index is -3.77. The van der Waals surface area contributed by atoms with Gasteiger partial charge < -0.3 is 5.32 Å². The zero-order valence-corrected chi connectivity index (χ0v) is 16.7. The number of aromatic nitrogens is 4. The average molecular weight is 432 g/mol. The normalized spacial score (nSPS) is 11.7. The van der Waals surface area contributed by atoms with Gasteiger partial charge >= 0.3 is 0 Å². The van der Waals surface area contributed by atoms with Crippen molar-refractivity contribution in [3.8, 4) is 0 Å². The van der Waals surface area contributed by atoms with Gasteiger partial charge in [0.25, 0.3) is 0 Å². The number of aryl methyl sites for hydroxylation is 1. The number of fused-ring (bicyclic) bond motifs is 1. The van der Waals surface area contributed by atoms with Gasteiger partial charge in [-0.2, -0.15) is 14.4 Å². The fourth-order valence-corrected chi connectivity index (χ4v) is 4.87. The van der Waals surface area contributed by atoms with Crippen LogP contribution in [-0.4, -0.2) is 27.3 Å². The van der Waals surface area contributed by atoms with E-state index in [4.69, 9.17) is 11.6 Å². The third-order valence-corrected chi connectivity index (χ3v) is 6.11. The Balaban J connectivity index is 1.82. The van der Waals surface area contributed by atoms with Crippen LogP contribution in [0.15, 0.2) is 54.7 Å². The Labute approximate surface area is 171 Å². The maximum Gasteiger partial charge on any atom is 0.244 e. The minimum absolute atomic E-state index is 0.135. The SMILES string of the molecule is Cc1cc2c(Nc3ccnc(F)c3)nc(Cl)nc2n1S(=O)(=O)Cc1ccccc1. The molecule has 3 heterocycles. The predicted molar refractivity (Wildman–Crippen MR) is 109 cm³/mol. The minimum Gasteiger partial charge on any atom is -0.339 e. The molecule has 0 fully saturated rings. The molecular weight excluding hydrogens is 417 g/mol. The molecule has 0 unspecified atom stereocenters. The number of nitrogens with one attached hydrogen (secondary N) is 1. The average Bonchev–Trinajstić information content (AvgIpc) is 2.99. The van der Waals surface area contributed by atoms with Gasteiger partial charge in [0.1, 0.15) is 5.82 Å². The summed E-state index contributed by atoms with van der Waals surface area (Å²) in [5, 5.41) is 3.26. The van der Waals surface area contributed by atoms with Gasteiger partial charge in [0.05, 0.1) is 11.1 Å². The standard InChI is InChI=1S/C19H15ClFN5O2S/c1-12-9-15-17(23-14-7-8-22-16(21)10-14)24-19(20)25-18(15)26(12)29(27,28)11-13-5-3-2-4-6-13/h2-10H,11H2,1H3,(H,22,23,24,25). The van der Waals surface area contributed by atoms with Crippen LogP contribution in [0.4, 0.5) is 15.9 Å². The third-order valence-electron chi connectivity index (χ3n) is 4.22. The lowest BCUT2D eigenvalue weighted by Gasteiger charge is -2.11. The van der Waals surface area contributed by atoms with Gasteiger partial charge in [-0.05, 0) is 36.2 Å². The van der Waals surface area contributed by atoms with Crippen LogP contribution in [0.1, 0.15) is 11.3 Å². The molecule has 1 aromatic carbocycles. The highest BCUT2D eigenvalue weighted by atomic mass is 35.5. The van der Waals surface area contributed by atoms with Crippen LogP contribution in [0.25, 0.3) is 11.0 Å². The van der Waals surface area contributed by atoms with Crippen LogP contribution < -0.4 is 5.32 Å². The van der Waals surface area contributed by atoms with E-state index < -0.39 is 16.0 Å².